The molecule has 0 bridgehead atoms. The molecule has 2 heteroatoms. The fraction of sp³-hybridized carbons (Fsp3) is 0.714. The quantitative estimate of drug-likeness (QED) is 0.789. The van der Waals surface area contributed by atoms with E-state index >= 15 is 0 Å². The molecule has 16 heavy (non-hydrogen) atoms. The highest BCUT2D eigenvalue weighted by molar-refractivity contribution is 7.11. The number of hydrogen-bond acceptors (Lipinski definition) is 2. The largest absolute Gasteiger partial charge is 0.312 e. The highest BCUT2D eigenvalue weighted by Crippen LogP contribution is 2.20. The van der Waals surface area contributed by atoms with E-state index in [9.17, 15) is 0 Å². The minimum absolute atomic E-state index is 0.762. The zero-order valence-corrected chi connectivity index (χ0v) is 12.0. The van der Waals surface area contributed by atoms with Crippen molar-refractivity contribution in [2.24, 2.45) is 17.8 Å². The van der Waals surface area contributed by atoms with Crippen molar-refractivity contribution in [3.8, 4) is 0 Å². The van der Waals surface area contributed by atoms with Gasteiger partial charge in [-0.25, -0.2) is 0 Å². The predicted molar refractivity (Wildman–Crippen MR) is 73.9 cm³/mol. The van der Waals surface area contributed by atoms with Crippen LogP contribution >= 0.6 is 11.3 Å². The highest BCUT2D eigenvalue weighted by atomic mass is 32.1. The van der Waals surface area contributed by atoms with E-state index in [1.54, 1.807) is 0 Å². The first-order valence-corrected chi connectivity index (χ1v) is 7.08. The summed E-state index contributed by atoms with van der Waals surface area (Å²) in [6.45, 7) is 13.6. The predicted octanol–water partition coefficient (Wildman–Crippen LogP) is 4.07. The lowest BCUT2D eigenvalue weighted by Crippen LogP contribution is -2.29. The number of hydrogen-bond donors (Lipinski definition) is 1. The number of aryl methyl sites for hydroxylation is 1. The van der Waals surface area contributed by atoms with Crippen molar-refractivity contribution in [2.75, 3.05) is 6.54 Å². The third kappa shape index (κ3) is 4.26. The van der Waals surface area contributed by atoms with Crippen molar-refractivity contribution in [2.45, 2.75) is 41.2 Å². The minimum atomic E-state index is 0.762. The fourth-order valence-corrected chi connectivity index (χ4v) is 3.04. The molecular formula is C14H25NS. The number of thiophene rings is 1. The van der Waals surface area contributed by atoms with E-state index in [1.807, 2.05) is 11.3 Å². The molecule has 0 saturated carbocycles. The summed E-state index contributed by atoms with van der Waals surface area (Å²) in [6, 6.07) is 4.43. The van der Waals surface area contributed by atoms with E-state index in [2.05, 4.69) is 52.1 Å². The van der Waals surface area contributed by atoms with Crippen LogP contribution in [0.1, 0.15) is 37.4 Å². The Kier molecular flexibility index (Phi) is 5.50. The highest BCUT2D eigenvalue weighted by Gasteiger charge is 2.16. The molecular weight excluding hydrogens is 214 g/mol. The van der Waals surface area contributed by atoms with Crippen molar-refractivity contribution in [3.63, 3.8) is 0 Å². The molecule has 1 heterocycles. The standard InChI is InChI=1S/C14H25NS/c1-10(2)14(11(3)4)9-15-8-13-7-6-12(5)16-13/h6-7,10-11,14-15H,8-9H2,1-5H3. The third-order valence-corrected chi connectivity index (χ3v) is 4.19. The fourth-order valence-electron chi connectivity index (χ4n) is 2.18. The molecule has 0 saturated heterocycles. The van der Waals surface area contributed by atoms with Crippen LogP contribution in [0.5, 0.6) is 0 Å². The van der Waals surface area contributed by atoms with Crippen LogP contribution in [-0.4, -0.2) is 6.54 Å². The van der Waals surface area contributed by atoms with Crippen LogP contribution in [0.3, 0.4) is 0 Å². The van der Waals surface area contributed by atoms with E-state index in [0.29, 0.717) is 0 Å². The van der Waals surface area contributed by atoms with Gasteiger partial charge in [0.25, 0.3) is 0 Å². The second-order valence-corrected chi connectivity index (χ2v) is 6.67. The molecule has 0 aliphatic rings. The molecule has 0 aliphatic carbocycles. The minimum Gasteiger partial charge on any atom is -0.312 e. The van der Waals surface area contributed by atoms with Crippen LogP contribution in [0.25, 0.3) is 0 Å². The Labute approximate surface area is 104 Å². The molecule has 1 N–H and O–H groups in total. The van der Waals surface area contributed by atoms with Gasteiger partial charge >= 0.3 is 0 Å². The maximum atomic E-state index is 3.59. The summed E-state index contributed by atoms with van der Waals surface area (Å²) in [7, 11) is 0. The molecule has 0 spiro atoms. The third-order valence-electron chi connectivity index (χ3n) is 3.19. The van der Waals surface area contributed by atoms with Crippen molar-refractivity contribution in [1.29, 1.82) is 0 Å². The summed E-state index contributed by atoms with van der Waals surface area (Å²) in [4.78, 5) is 2.85. The second kappa shape index (κ2) is 6.41. The van der Waals surface area contributed by atoms with Crippen molar-refractivity contribution >= 4 is 11.3 Å². The average molecular weight is 239 g/mol. The summed E-state index contributed by atoms with van der Waals surface area (Å²) in [5.74, 6) is 2.30. The lowest BCUT2D eigenvalue weighted by atomic mass is 9.85. The van der Waals surface area contributed by atoms with Crippen molar-refractivity contribution in [3.05, 3.63) is 21.9 Å². The van der Waals surface area contributed by atoms with Gasteiger partial charge in [0.2, 0.25) is 0 Å². The van der Waals surface area contributed by atoms with E-state index in [0.717, 1.165) is 30.8 Å². The van der Waals surface area contributed by atoms with Gasteiger partial charge in [-0.3, -0.25) is 0 Å². The monoisotopic (exact) mass is 239 g/mol. The van der Waals surface area contributed by atoms with Crippen molar-refractivity contribution in [1.82, 2.24) is 5.32 Å². The van der Waals surface area contributed by atoms with Gasteiger partial charge in [-0.05, 0) is 43.4 Å². The topological polar surface area (TPSA) is 12.0 Å². The summed E-state index contributed by atoms with van der Waals surface area (Å²) >= 11 is 1.89. The molecule has 1 nitrogen and oxygen atoms in total. The van der Waals surface area contributed by atoms with Gasteiger partial charge in [-0.15, -0.1) is 11.3 Å². The lowest BCUT2D eigenvalue weighted by molar-refractivity contribution is 0.276. The summed E-state index contributed by atoms with van der Waals surface area (Å²) in [5.41, 5.74) is 0. The Morgan fingerprint density at radius 3 is 2.19 bits per heavy atom. The molecule has 0 atom stereocenters. The zero-order chi connectivity index (χ0) is 12.1. The molecule has 1 aromatic heterocycles. The van der Waals surface area contributed by atoms with Crippen LogP contribution < -0.4 is 5.32 Å². The number of nitrogens with one attached hydrogen (secondary N) is 1. The SMILES string of the molecule is Cc1ccc(CNCC(C(C)C)C(C)C)s1. The van der Waals surface area contributed by atoms with Gasteiger partial charge in [0.15, 0.2) is 0 Å². The van der Waals surface area contributed by atoms with Crippen LogP contribution in [0.2, 0.25) is 0 Å². The van der Waals surface area contributed by atoms with Crippen molar-refractivity contribution < 1.29 is 0 Å². The van der Waals surface area contributed by atoms with Gasteiger partial charge in [-0.1, -0.05) is 27.7 Å². The van der Waals surface area contributed by atoms with Gasteiger partial charge < -0.3 is 5.32 Å². The summed E-state index contributed by atoms with van der Waals surface area (Å²) < 4.78 is 0. The van der Waals surface area contributed by atoms with Gasteiger partial charge in [0, 0.05) is 16.3 Å². The van der Waals surface area contributed by atoms with Crippen LogP contribution in [0.4, 0.5) is 0 Å². The van der Waals surface area contributed by atoms with Gasteiger partial charge in [0.1, 0.15) is 0 Å². The molecule has 0 unspecified atom stereocenters. The van der Waals surface area contributed by atoms with Gasteiger partial charge in [0.05, 0.1) is 0 Å². The Balaban J connectivity index is 2.33. The van der Waals surface area contributed by atoms with E-state index in [-0.39, 0.29) is 0 Å². The smallest absolute Gasteiger partial charge is 0.0299 e. The molecule has 92 valence electrons. The first-order chi connectivity index (χ1) is 7.50. The average Bonchev–Trinajstić information content (AvgIpc) is 2.57. The molecule has 1 aromatic rings. The Morgan fingerprint density at radius 1 is 1.12 bits per heavy atom. The Morgan fingerprint density at radius 2 is 1.75 bits per heavy atom. The Bertz CT molecular complexity index is 293. The normalized spacial score (nSPS) is 12.0. The lowest BCUT2D eigenvalue weighted by Gasteiger charge is -2.25. The molecule has 0 aromatic carbocycles. The molecule has 0 aliphatic heterocycles. The van der Waals surface area contributed by atoms with Gasteiger partial charge in [-0.2, -0.15) is 0 Å². The second-order valence-electron chi connectivity index (χ2n) is 5.30. The molecule has 0 fully saturated rings. The first kappa shape index (κ1) is 13.7. The van der Waals surface area contributed by atoms with Crippen LogP contribution in [0.15, 0.2) is 12.1 Å². The van der Waals surface area contributed by atoms with Crippen LogP contribution in [-0.2, 0) is 6.54 Å². The van der Waals surface area contributed by atoms with E-state index < -0.39 is 0 Å². The maximum absolute atomic E-state index is 3.59. The molecule has 0 amide bonds. The molecule has 1 rings (SSSR count). The number of rotatable bonds is 6. The summed E-state index contributed by atoms with van der Waals surface area (Å²) in [5, 5.41) is 3.59. The van der Waals surface area contributed by atoms with Crippen LogP contribution in [0, 0.1) is 24.7 Å². The zero-order valence-electron chi connectivity index (χ0n) is 11.2. The van der Waals surface area contributed by atoms with E-state index in [4.69, 9.17) is 0 Å². The molecule has 0 radical (unpaired) electrons. The maximum Gasteiger partial charge on any atom is 0.0299 e. The summed E-state index contributed by atoms with van der Waals surface area (Å²) in [6.07, 6.45) is 0. The van der Waals surface area contributed by atoms with E-state index in [1.165, 1.54) is 9.75 Å². The Hall–Kier alpha value is -0.340. The first-order valence-electron chi connectivity index (χ1n) is 6.26.